The fraction of sp³-hybridized carbons (Fsp3) is 0.966. The third kappa shape index (κ3) is 8.54. The highest BCUT2D eigenvalue weighted by molar-refractivity contribution is 5.73. The molecule has 5 fully saturated rings. The molecule has 22 N–H and O–H groups in total. The number of carbonyl (C=O) groups is 1. The zero-order valence-electron chi connectivity index (χ0n) is 28.8. The van der Waals surface area contributed by atoms with Crippen LogP contribution < -0.4 is 34.4 Å². The molecule has 5 unspecified atom stereocenters. The van der Waals surface area contributed by atoms with Crippen LogP contribution in [-0.4, -0.2) is 224 Å². The molecule has 54 heavy (non-hydrogen) atoms. The highest BCUT2D eigenvalue weighted by Gasteiger charge is 2.56. The van der Waals surface area contributed by atoms with Gasteiger partial charge in [0, 0.05) is 25.2 Å². The lowest BCUT2D eigenvalue weighted by Gasteiger charge is -2.47. The first-order valence-corrected chi connectivity index (χ1v) is 17.4. The van der Waals surface area contributed by atoms with Gasteiger partial charge in [0.05, 0.1) is 24.8 Å². The van der Waals surface area contributed by atoms with E-state index in [2.05, 4.69) is 0 Å². The maximum Gasteiger partial charge on any atom is 0.335 e. The summed E-state index contributed by atoms with van der Waals surface area (Å²) >= 11 is 0. The van der Waals surface area contributed by atoms with Crippen molar-refractivity contribution in [1.82, 2.24) is 0 Å². The second-order valence-corrected chi connectivity index (χ2v) is 14.1. The molecule has 4 saturated heterocycles. The van der Waals surface area contributed by atoms with Crippen LogP contribution in [0.4, 0.5) is 0 Å². The van der Waals surface area contributed by atoms with Gasteiger partial charge in [-0.25, -0.2) is 4.79 Å². The van der Waals surface area contributed by atoms with Gasteiger partial charge in [0.2, 0.25) is 0 Å². The highest BCUT2D eigenvalue weighted by atomic mass is 16.8. The Hall–Kier alpha value is -1.45. The lowest BCUT2D eigenvalue weighted by Crippen LogP contribution is -2.68. The Balaban J connectivity index is 1.27. The van der Waals surface area contributed by atoms with Crippen molar-refractivity contribution in [2.75, 3.05) is 19.7 Å². The molecule has 5 aliphatic rings. The Morgan fingerprint density at radius 2 is 1.02 bits per heavy atom. The number of hydrogen-bond donors (Lipinski definition) is 16. The lowest BCUT2D eigenvalue weighted by molar-refractivity contribution is -0.343. The van der Waals surface area contributed by atoms with Crippen molar-refractivity contribution in [3.05, 3.63) is 0 Å². The van der Waals surface area contributed by atoms with E-state index in [0.717, 1.165) is 0 Å². The van der Waals surface area contributed by atoms with Gasteiger partial charge in [0.25, 0.3) is 0 Å². The number of carboxylic acids is 1. The van der Waals surface area contributed by atoms with Crippen molar-refractivity contribution in [3.63, 3.8) is 0 Å². The molecular weight excluding hydrogens is 736 g/mol. The van der Waals surface area contributed by atoms with Gasteiger partial charge in [-0.05, 0) is 6.42 Å². The van der Waals surface area contributed by atoms with Gasteiger partial charge in [0.15, 0.2) is 31.3 Å². The van der Waals surface area contributed by atoms with Crippen LogP contribution in [0.25, 0.3) is 0 Å². The maximum absolute atomic E-state index is 11.5. The fourth-order valence-electron chi connectivity index (χ4n) is 7.21. The van der Waals surface area contributed by atoms with Crippen LogP contribution in [0.5, 0.6) is 0 Å². The number of carboxylic acid groups (broad SMARTS) is 1. The maximum atomic E-state index is 11.5. The molecule has 0 aromatic heterocycles. The number of rotatable bonds is 12. The molecule has 0 spiro atoms. The van der Waals surface area contributed by atoms with Gasteiger partial charge in [-0.3, -0.25) is 0 Å². The molecule has 1 aliphatic carbocycles. The smallest absolute Gasteiger partial charge is 0.335 e. The van der Waals surface area contributed by atoms with Crippen molar-refractivity contribution >= 4 is 5.97 Å². The molecule has 5 rings (SSSR count). The summed E-state index contributed by atoms with van der Waals surface area (Å²) in [6.45, 7) is -1.35. The van der Waals surface area contributed by atoms with E-state index in [1.54, 1.807) is 0 Å². The molecule has 4 heterocycles. The summed E-state index contributed by atoms with van der Waals surface area (Å²) in [7, 11) is 0. The molecule has 1 saturated carbocycles. The third-order valence-electron chi connectivity index (χ3n) is 10.4. The van der Waals surface area contributed by atoms with Crippen LogP contribution in [-0.2, 0) is 42.7 Å². The minimum Gasteiger partial charge on any atom is -0.479 e. The van der Waals surface area contributed by atoms with E-state index in [1.807, 2.05) is 0 Å². The number of nitrogens with two attached hydrogens (primary N) is 6. The quantitative estimate of drug-likeness (QED) is 0.0872. The molecule has 0 aromatic rings. The topological polar surface area (TPSA) is 449 Å². The van der Waals surface area contributed by atoms with Crippen LogP contribution in [0.1, 0.15) is 6.42 Å². The number of hydrogen-bond acceptors (Lipinski definition) is 24. The standard InChI is InChI=1S/C29H54N6O19/c30-2-7-13(38)14(39)10(34)26(47-7)50-20-6(33)1-5(32)12(37)23(20)53-29-19(44)22(9(4-36)49-29)51-27-11(35)15(40)21(8(3-31)48-27)52-28-18(43)16(41)17(42)24(54-28)25(45)46/h5-24,26-29,36-44H,1-4,30-35H2,(H,45,46)/t5-,6+,7-,8+,9-,10-,11-,12+,13-,14-,15-,16?,17?,18?,19-,20-,21-,22-,23-,24?,26-,27-,28?,29+/m1/s1. The van der Waals surface area contributed by atoms with Gasteiger partial charge in [-0.1, -0.05) is 0 Å². The Kier molecular flexibility index (Phi) is 14.6. The molecule has 0 bridgehead atoms. The zero-order valence-corrected chi connectivity index (χ0v) is 28.8. The minimum atomic E-state index is -2.01. The number of ether oxygens (including phenoxy) is 8. The molecule has 25 heteroatoms. The van der Waals surface area contributed by atoms with Crippen LogP contribution >= 0.6 is 0 Å². The second-order valence-electron chi connectivity index (χ2n) is 14.1. The largest absolute Gasteiger partial charge is 0.479 e. The Bertz CT molecular complexity index is 1230. The van der Waals surface area contributed by atoms with Crippen LogP contribution in [0, 0.1) is 0 Å². The summed E-state index contributed by atoms with van der Waals surface area (Å²) < 4.78 is 45.9. The summed E-state index contributed by atoms with van der Waals surface area (Å²) in [5.41, 5.74) is 36.3. The minimum absolute atomic E-state index is 0.0268. The Morgan fingerprint density at radius 3 is 1.61 bits per heavy atom. The second kappa shape index (κ2) is 18.0. The van der Waals surface area contributed by atoms with E-state index in [1.165, 1.54) is 0 Å². The van der Waals surface area contributed by atoms with Crippen LogP contribution in [0.2, 0.25) is 0 Å². The van der Waals surface area contributed by atoms with E-state index in [4.69, 9.17) is 72.3 Å². The first-order chi connectivity index (χ1) is 25.4. The van der Waals surface area contributed by atoms with Gasteiger partial charge in [0.1, 0.15) is 85.5 Å². The first-order valence-electron chi connectivity index (χ1n) is 17.4. The summed E-state index contributed by atoms with van der Waals surface area (Å²) in [5, 5.41) is 104. The highest BCUT2D eigenvalue weighted by Crippen LogP contribution is 2.35. The summed E-state index contributed by atoms with van der Waals surface area (Å²) in [6.07, 6.45) is -31.7. The molecule has 25 nitrogen and oxygen atoms in total. The molecule has 4 aliphatic heterocycles. The Labute approximate surface area is 307 Å². The van der Waals surface area contributed by atoms with Gasteiger partial charge < -0.3 is 123 Å². The molecule has 0 radical (unpaired) electrons. The van der Waals surface area contributed by atoms with E-state index in [9.17, 15) is 55.9 Å². The van der Waals surface area contributed by atoms with E-state index < -0.39 is 160 Å². The molecule has 314 valence electrons. The van der Waals surface area contributed by atoms with Crippen molar-refractivity contribution < 1.29 is 93.8 Å². The SMILES string of the molecule is NC[C@@H]1O[C@H](O[C@H]2[C@@H](O)[C@H](O[C@@H]3[C@@H](O)[C@H](N)C[C@H](N)[C@H]3O[C@H]3O[C@H](CN)[C@@H](O)[C@H](O)[C@H]3N)O[C@@H]2CO)[C@H](N)[C@@H](O)[C@@H]1OC1OC(C(=O)O)C(O)C(O)C1O. The van der Waals surface area contributed by atoms with Crippen LogP contribution in [0.15, 0.2) is 0 Å². The molecule has 24 atom stereocenters. The zero-order chi connectivity index (χ0) is 39.9. The van der Waals surface area contributed by atoms with E-state index >= 15 is 0 Å². The normalized spacial score (nSPS) is 53.0. The summed E-state index contributed by atoms with van der Waals surface area (Å²) in [5.74, 6) is -1.67. The average molecular weight is 791 g/mol. The van der Waals surface area contributed by atoms with E-state index in [0.29, 0.717) is 0 Å². The predicted octanol–water partition coefficient (Wildman–Crippen LogP) is -11.0. The van der Waals surface area contributed by atoms with Crippen molar-refractivity contribution in [2.45, 2.75) is 153 Å². The Morgan fingerprint density at radius 1 is 0.519 bits per heavy atom. The summed E-state index contributed by atoms with van der Waals surface area (Å²) in [6, 6.07) is -4.66. The fourth-order valence-corrected chi connectivity index (χ4v) is 7.21. The number of aliphatic hydroxyl groups excluding tert-OH is 9. The van der Waals surface area contributed by atoms with Crippen molar-refractivity contribution in [1.29, 1.82) is 0 Å². The molecule has 0 aromatic carbocycles. The van der Waals surface area contributed by atoms with Crippen LogP contribution in [0.3, 0.4) is 0 Å². The molecule has 0 amide bonds. The third-order valence-corrected chi connectivity index (χ3v) is 10.4. The number of aliphatic hydroxyl groups is 9. The monoisotopic (exact) mass is 790 g/mol. The number of aliphatic carboxylic acids is 1. The lowest BCUT2D eigenvalue weighted by atomic mass is 9.84. The first kappa shape index (κ1) is 43.7. The predicted molar refractivity (Wildman–Crippen MR) is 172 cm³/mol. The van der Waals surface area contributed by atoms with Crippen molar-refractivity contribution in [3.8, 4) is 0 Å². The van der Waals surface area contributed by atoms with Crippen molar-refractivity contribution in [2.24, 2.45) is 34.4 Å². The summed E-state index contributed by atoms with van der Waals surface area (Å²) in [4.78, 5) is 11.5. The molecular formula is C29H54N6O19. The van der Waals surface area contributed by atoms with Gasteiger partial charge in [-0.2, -0.15) is 0 Å². The van der Waals surface area contributed by atoms with Gasteiger partial charge in [-0.15, -0.1) is 0 Å². The van der Waals surface area contributed by atoms with Gasteiger partial charge >= 0.3 is 5.97 Å². The average Bonchev–Trinajstić information content (AvgIpc) is 3.44. The van der Waals surface area contributed by atoms with E-state index in [-0.39, 0.29) is 19.5 Å².